The Morgan fingerprint density at radius 2 is 1.47 bits per heavy atom. The number of carbonyl (C=O) groups is 1. The first-order valence-electron chi connectivity index (χ1n) is 14.1. The third-order valence-corrected chi connectivity index (χ3v) is 9.08. The fourth-order valence-corrected chi connectivity index (χ4v) is 6.34. The molecule has 0 spiro atoms. The average Bonchev–Trinajstić information content (AvgIpc) is 2.99. The predicted molar refractivity (Wildman–Crippen MR) is 176 cm³/mol. The van der Waals surface area contributed by atoms with Gasteiger partial charge in [0, 0.05) is 29.0 Å². The summed E-state index contributed by atoms with van der Waals surface area (Å²) in [5.41, 5.74) is 17.8. The highest BCUT2D eigenvalue weighted by molar-refractivity contribution is 7.87. The van der Waals surface area contributed by atoms with Gasteiger partial charge >= 0.3 is 0 Å². The first-order valence-corrected chi connectivity index (χ1v) is 17.0. The van der Waals surface area contributed by atoms with Crippen LogP contribution in [0.1, 0.15) is 36.8 Å². The number of phenolic OH excluding ortho intramolecular Hbond substituents is 1. The van der Waals surface area contributed by atoms with Crippen LogP contribution in [-0.4, -0.2) is 43.5 Å². The van der Waals surface area contributed by atoms with Crippen LogP contribution in [0, 0.1) is 13.8 Å². The summed E-state index contributed by atoms with van der Waals surface area (Å²) in [5, 5.41) is 24.8. The van der Waals surface area contributed by atoms with E-state index in [2.05, 4.69) is 25.6 Å². The zero-order chi connectivity index (χ0) is 34.5. The van der Waals surface area contributed by atoms with Crippen molar-refractivity contribution in [3.63, 3.8) is 0 Å². The molecule has 0 heterocycles. The van der Waals surface area contributed by atoms with Crippen molar-refractivity contribution in [2.45, 2.75) is 49.3 Å². The molecule has 0 aromatic heterocycles. The van der Waals surface area contributed by atoms with Gasteiger partial charge in [-0.15, -0.1) is 5.11 Å². The average molecular weight is 682 g/mol. The molecule has 0 atom stereocenters. The Hall–Kier alpha value is -5.06. The number of azo groups is 1. The number of benzene rings is 4. The molecule has 0 unspecified atom stereocenters. The van der Waals surface area contributed by atoms with Gasteiger partial charge in [0.2, 0.25) is 5.91 Å². The van der Waals surface area contributed by atoms with E-state index in [0.29, 0.717) is 42.4 Å². The summed E-state index contributed by atoms with van der Waals surface area (Å²) in [4.78, 5) is 13.2. The van der Waals surface area contributed by atoms with E-state index < -0.39 is 46.9 Å². The summed E-state index contributed by atoms with van der Waals surface area (Å²) >= 11 is 0. The number of hydrogen-bond donors (Lipinski definition) is 5. The zero-order valence-corrected chi connectivity index (χ0v) is 26.9. The van der Waals surface area contributed by atoms with Crippen LogP contribution in [0.5, 0.6) is 5.75 Å². The highest BCUT2D eigenvalue weighted by atomic mass is 32.2. The van der Waals surface area contributed by atoms with Crippen molar-refractivity contribution in [3.8, 4) is 16.9 Å². The van der Waals surface area contributed by atoms with Crippen LogP contribution < -0.4 is 11.1 Å². The Kier molecular flexibility index (Phi) is 10.5. The van der Waals surface area contributed by atoms with Gasteiger partial charge < -0.3 is 16.2 Å². The van der Waals surface area contributed by atoms with Gasteiger partial charge in [-0.25, -0.2) is 0 Å². The van der Waals surface area contributed by atoms with Crippen molar-refractivity contribution in [3.05, 3.63) is 76.2 Å². The molecule has 6 N–H and O–H groups in total. The topological polar surface area (TPSA) is 258 Å². The lowest BCUT2D eigenvalue weighted by Gasteiger charge is -2.13. The van der Waals surface area contributed by atoms with E-state index in [0.717, 1.165) is 35.6 Å². The molecule has 1 amide bonds. The van der Waals surface area contributed by atoms with Crippen LogP contribution in [0.25, 0.3) is 32.3 Å². The van der Waals surface area contributed by atoms with Gasteiger partial charge in [0.25, 0.3) is 20.2 Å². The third-order valence-electron chi connectivity index (χ3n) is 7.30. The number of hydrogen-bond acceptors (Lipinski definition) is 10. The van der Waals surface area contributed by atoms with Crippen molar-refractivity contribution in [1.82, 2.24) is 0 Å². The van der Waals surface area contributed by atoms with Crippen molar-refractivity contribution < 1.29 is 35.8 Å². The van der Waals surface area contributed by atoms with Crippen molar-refractivity contribution >= 4 is 59.7 Å². The minimum absolute atomic E-state index is 0.104. The van der Waals surface area contributed by atoms with Crippen LogP contribution in [0.3, 0.4) is 0 Å². The maximum atomic E-state index is 12.4. The van der Waals surface area contributed by atoms with Crippen LogP contribution in [-0.2, 0) is 25.0 Å². The van der Waals surface area contributed by atoms with Gasteiger partial charge in [0.1, 0.15) is 15.5 Å². The molecule has 0 saturated heterocycles. The smallest absolute Gasteiger partial charge is 0.296 e. The first-order chi connectivity index (χ1) is 22.1. The number of nitrogens with two attached hydrogens (primary N) is 1. The van der Waals surface area contributed by atoms with Gasteiger partial charge in [-0.2, -0.15) is 21.9 Å². The Balaban J connectivity index is 1.56. The van der Waals surface area contributed by atoms with Crippen molar-refractivity contribution in [2.75, 3.05) is 17.6 Å². The number of amides is 1. The van der Waals surface area contributed by atoms with E-state index >= 15 is 0 Å². The number of aromatic hydroxyl groups is 1. The number of nitrogens with zero attached hydrogens (tertiary/aromatic N) is 5. The Morgan fingerprint density at radius 1 is 0.851 bits per heavy atom. The van der Waals surface area contributed by atoms with Gasteiger partial charge in [-0.1, -0.05) is 29.7 Å². The first kappa shape index (κ1) is 34.8. The number of nitrogens with one attached hydrogen (secondary N) is 1. The van der Waals surface area contributed by atoms with Crippen LogP contribution in [0.2, 0.25) is 0 Å². The second kappa shape index (κ2) is 14.1. The summed E-state index contributed by atoms with van der Waals surface area (Å²) in [6.45, 7) is 4.09. The number of aryl methyl sites for hydroxylation is 2. The summed E-state index contributed by atoms with van der Waals surface area (Å²) in [5.74, 6) is -0.825. The highest BCUT2D eigenvalue weighted by Gasteiger charge is 2.26. The molecule has 17 heteroatoms. The van der Waals surface area contributed by atoms with Crippen LogP contribution in [0.15, 0.2) is 79.7 Å². The second-order valence-corrected chi connectivity index (χ2v) is 13.4. The maximum absolute atomic E-state index is 12.4. The molecule has 15 nitrogen and oxygen atoms in total. The van der Waals surface area contributed by atoms with Gasteiger partial charge in [0.05, 0.1) is 16.8 Å². The largest absolute Gasteiger partial charge is 0.505 e. The van der Waals surface area contributed by atoms with E-state index in [1.807, 2.05) is 31.2 Å². The molecule has 47 heavy (non-hydrogen) atoms. The molecule has 0 radical (unpaired) electrons. The third kappa shape index (κ3) is 8.21. The minimum Gasteiger partial charge on any atom is -0.505 e. The summed E-state index contributed by atoms with van der Waals surface area (Å²) in [6, 6.07) is 13.9. The standard InChI is InChI=1S/C30H31N7O8S2/c1-17-14-19(7-10-22(17)34-27(38)6-4-3-5-13-33-37-32)20-8-11-23(18(2)15-20)35-36-24-12-9-21-25(46(40,41)42)16-26(47(43,44)45)29(31)28(21)30(24)39/h7-12,14-16,39H,3-6,13,31H2,1-2H3,(H,34,38)(H,40,41,42)(H,43,44,45). The van der Waals surface area contributed by atoms with Gasteiger partial charge in [-0.3, -0.25) is 13.9 Å². The second-order valence-electron chi connectivity index (χ2n) is 10.6. The van der Waals surface area contributed by atoms with Gasteiger partial charge in [0.15, 0.2) is 5.75 Å². The number of anilines is 2. The Bertz CT molecular complexity index is 2180. The normalized spacial score (nSPS) is 11.9. The lowest BCUT2D eigenvalue weighted by atomic mass is 10.00. The van der Waals surface area contributed by atoms with E-state index in [1.165, 1.54) is 6.07 Å². The summed E-state index contributed by atoms with van der Waals surface area (Å²) in [7, 11) is -10.0. The molecule has 4 rings (SSSR count). The van der Waals surface area contributed by atoms with Crippen LogP contribution in [0.4, 0.5) is 22.7 Å². The molecule has 0 bridgehead atoms. The van der Waals surface area contributed by atoms with E-state index in [-0.39, 0.29) is 17.0 Å². The van der Waals surface area contributed by atoms with Gasteiger partial charge in [-0.05, 0) is 90.9 Å². The minimum atomic E-state index is -5.04. The molecule has 0 aliphatic heterocycles. The highest BCUT2D eigenvalue weighted by Crippen LogP contribution is 2.44. The quantitative estimate of drug-likeness (QED) is 0.0254. The molecule has 246 valence electrons. The molecular weight excluding hydrogens is 651 g/mol. The lowest BCUT2D eigenvalue weighted by molar-refractivity contribution is -0.116. The fourth-order valence-electron chi connectivity index (χ4n) is 4.90. The fraction of sp³-hybridized carbons (Fsp3) is 0.233. The van der Waals surface area contributed by atoms with Crippen molar-refractivity contribution in [2.24, 2.45) is 15.3 Å². The Morgan fingerprint density at radius 3 is 2.09 bits per heavy atom. The molecule has 0 fully saturated rings. The maximum Gasteiger partial charge on any atom is 0.296 e. The molecule has 0 aliphatic rings. The monoisotopic (exact) mass is 681 g/mol. The lowest BCUT2D eigenvalue weighted by Crippen LogP contribution is -2.12. The van der Waals surface area contributed by atoms with E-state index in [9.17, 15) is 35.8 Å². The molecular formula is C30H31N7O8S2. The number of fused-ring (bicyclic) bond motifs is 1. The number of rotatable bonds is 12. The number of azide groups is 1. The van der Waals surface area contributed by atoms with Crippen molar-refractivity contribution in [1.29, 1.82) is 0 Å². The summed E-state index contributed by atoms with van der Waals surface area (Å²) < 4.78 is 66.8. The molecule has 0 aliphatic carbocycles. The SMILES string of the molecule is Cc1cc(-c2ccc(NC(=O)CCCCCN=[N+]=[N-])c(C)c2)ccc1N=Nc1ccc2c(S(=O)(=O)O)cc(S(=O)(=O)O)c(N)c2c1O. The number of carbonyl (C=O) groups excluding carboxylic acids is 1. The number of nitrogen functional groups attached to an aromatic ring is 1. The number of unbranched alkanes of at least 4 members (excludes halogenated alkanes) is 2. The number of phenols is 1. The predicted octanol–water partition coefficient (Wildman–Crippen LogP) is 7.13. The van der Waals surface area contributed by atoms with Crippen LogP contribution >= 0.6 is 0 Å². The Labute approximate surface area is 270 Å². The molecule has 4 aromatic rings. The van der Waals surface area contributed by atoms with E-state index in [4.69, 9.17) is 11.3 Å². The zero-order valence-electron chi connectivity index (χ0n) is 25.2. The van der Waals surface area contributed by atoms with E-state index in [1.54, 1.807) is 19.1 Å². The summed E-state index contributed by atoms with van der Waals surface area (Å²) in [6.07, 6.45) is 2.55. The molecule has 4 aromatic carbocycles. The molecule has 0 saturated carbocycles.